The maximum atomic E-state index is 11.8. The largest absolute Gasteiger partial charge is 0.493 e. The van der Waals surface area contributed by atoms with Gasteiger partial charge in [-0.1, -0.05) is 6.07 Å². The third-order valence-corrected chi connectivity index (χ3v) is 3.76. The molecule has 0 bridgehead atoms. The lowest BCUT2D eigenvalue weighted by atomic mass is 10.1. The number of carbonyl (C=O) groups is 2. The maximum Gasteiger partial charge on any atom is 0.308 e. The molecule has 1 aliphatic rings. The van der Waals surface area contributed by atoms with Gasteiger partial charge in [0.1, 0.15) is 0 Å². The molecule has 1 heterocycles. The second kappa shape index (κ2) is 7.15. The van der Waals surface area contributed by atoms with Gasteiger partial charge >= 0.3 is 5.97 Å². The zero-order valence-corrected chi connectivity index (χ0v) is 12.9. The Morgan fingerprint density at radius 1 is 1.41 bits per heavy atom. The molecule has 1 fully saturated rings. The molecule has 6 nitrogen and oxygen atoms in total. The predicted octanol–water partition coefficient (Wildman–Crippen LogP) is 1.57. The van der Waals surface area contributed by atoms with Gasteiger partial charge in [-0.25, -0.2) is 0 Å². The summed E-state index contributed by atoms with van der Waals surface area (Å²) < 4.78 is 10.8. The van der Waals surface area contributed by atoms with Crippen molar-refractivity contribution in [3.63, 3.8) is 0 Å². The fourth-order valence-electron chi connectivity index (χ4n) is 2.56. The van der Waals surface area contributed by atoms with Gasteiger partial charge in [-0.05, 0) is 31.0 Å². The van der Waals surface area contributed by atoms with Crippen molar-refractivity contribution in [2.45, 2.75) is 19.8 Å². The van der Waals surface area contributed by atoms with Crippen LogP contribution in [0.25, 0.3) is 0 Å². The average Bonchev–Trinajstić information content (AvgIpc) is 2.88. The number of ether oxygens (including phenoxy) is 2. The molecule has 1 aromatic carbocycles. The highest BCUT2D eigenvalue weighted by atomic mass is 16.5. The summed E-state index contributed by atoms with van der Waals surface area (Å²) in [4.78, 5) is 24.3. The van der Waals surface area contributed by atoms with E-state index in [-0.39, 0.29) is 12.3 Å². The molecule has 2 rings (SSSR count). The van der Waals surface area contributed by atoms with Gasteiger partial charge in [0.15, 0.2) is 11.5 Å². The van der Waals surface area contributed by atoms with Crippen molar-refractivity contribution in [2.75, 3.05) is 26.8 Å². The first kappa shape index (κ1) is 16.1. The molecule has 0 aromatic heterocycles. The lowest BCUT2D eigenvalue weighted by Crippen LogP contribution is -2.28. The molecule has 1 aliphatic heterocycles. The van der Waals surface area contributed by atoms with E-state index in [0.717, 1.165) is 5.56 Å². The number of amides is 1. The van der Waals surface area contributed by atoms with E-state index in [9.17, 15) is 9.59 Å². The number of likely N-dealkylation sites (tertiary alicyclic amines) is 1. The number of hydrogen-bond donors (Lipinski definition) is 1. The minimum atomic E-state index is -0.904. The van der Waals surface area contributed by atoms with Gasteiger partial charge in [-0.3, -0.25) is 9.59 Å². The van der Waals surface area contributed by atoms with E-state index in [4.69, 9.17) is 14.6 Å². The smallest absolute Gasteiger partial charge is 0.308 e. The topological polar surface area (TPSA) is 76.1 Å². The normalized spacial score (nSPS) is 17.6. The highest BCUT2D eigenvalue weighted by molar-refractivity contribution is 5.86. The Bertz CT molecular complexity index is 557. The lowest BCUT2D eigenvalue weighted by molar-refractivity contribution is -0.141. The summed E-state index contributed by atoms with van der Waals surface area (Å²) in [5.74, 6) is -0.223. The summed E-state index contributed by atoms with van der Waals surface area (Å²) >= 11 is 0. The molecule has 1 atom stereocenters. The van der Waals surface area contributed by atoms with Crippen LogP contribution in [0.3, 0.4) is 0 Å². The number of aliphatic carboxylic acids is 1. The fraction of sp³-hybridized carbons (Fsp3) is 0.500. The molecule has 1 aromatic rings. The van der Waals surface area contributed by atoms with Gasteiger partial charge in [-0.15, -0.1) is 0 Å². The number of nitrogens with zero attached hydrogens (tertiary/aromatic N) is 1. The van der Waals surface area contributed by atoms with Crippen molar-refractivity contribution >= 4 is 11.9 Å². The van der Waals surface area contributed by atoms with Crippen LogP contribution in [0.15, 0.2) is 18.2 Å². The molecular weight excluding hydrogens is 286 g/mol. The van der Waals surface area contributed by atoms with Crippen LogP contribution in [0.2, 0.25) is 0 Å². The Morgan fingerprint density at radius 2 is 2.18 bits per heavy atom. The van der Waals surface area contributed by atoms with Crippen LogP contribution in [0.1, 0.15) is 18.9 Å². The van der Waals surface area contributed by atoms with Crippen LogP contribution in [-0.2, 0) is 16.0 Å². The second-order valence-electron chi connectivity index (χ2n) is 5.25. The molecule has 1 amide bonds. The average molecular weight is 307 g/mol. The minimum Gasteiger partial charge on any atom is -0.493 e. The van der Waals surface area contributed by atoms with Crippen molar-refractivity contribution in [3.8, 4) is 11.5 Å². The molecule has 0 radical (unpaired) electrons. The highest BCUT2D eigenvalue weighted by Crippen LogP contribution is 2.28. The van der Waals surface area contributed by atoms with Crippen LogP contribution >= 0.6 is 0 Å². The Kier molecular flexibility index (Phi) is 5.25. The molecule has 1 saturated heterocycles. The van der Waals surface area contributed by atoms with E-state index in [0.29, 0.717) is 37.6 Å². The third-order valence-electron chi connectivity index (χ3n) is 3.76. The molecule has 1 unspecified atom stereocenters. The number of carboxylic acid groups (broad SMARTS) is 1. The quantitative estimate of drug-likeness (QED) is 0.827. The van der Waals surface area contributed by atoms with E-state index in [1.807, 2.05) is 25.1 Å². The molecule has 6 heteroatoms. The van der Waals surface area contributed by atoms with E-state index < -0.39 is 11.9 Å². The zero-order chi connectivity index (χ0) is 16.1. The van der Waals surface area contributed by atoms with Gasteiger partial charge in [0, 0.05) is 19.5 Å². The number of rotatable bonds is 7. The van der Waals surface area contributed by atoms with Gasteiger partial charge in [0.05, 0.1) is 19.6 Å². The number of carboxylic acids is 1. The maximum absolute atomic E-state index is 11.8. The summed E-state index contributed by atoms with van der Waals surface area (Å²) in [5.41, 5.74) is 1.02. The molecule has 120 valence electrons. The number of carbonyl (C=O) groups excluding carboxylic acids is 1. The van der Waals surface area contributed by atoms with Gasteiger partial charge < -0.3 is 19.5 Å². The summed E-state index contributed by atoms with van der Waals surface area (Å²) in [5, 5.41) is 8.97. The molecule has 22 heavy (non-hydrogen) atoms. The van der Waals surface area contributed by atoms with E-state index in [2.05, 4.69) is 0 Å². The van der Waals surface area contributed by atoms with Crippen molar-refractivity contribution in [1.82, 2.24) is 4.90 Å². The molecule has 0 aliphatic carbocycles. The Balaban J connectivity index is 1.97. The number of benzene rings is 1. The lowest BCUT2D eigenvalue weighted by Gasteiger charge is -2.16. The van der Waals surface area contributed by atoms with Crippen molar-refractivity contribution < 1.29 is 24.2 Å². The van der Waals surface area contributed by atoms with Crippen molar-refractivity contribution in [1.29, 1.82) is 0 Å². The molecule has 1 N–H and O–H groups in total. The standard InChI is InChI=1S/C16H21NO5/c1-3-22-13-5-4-11(8-14(13)21-2)6-7-17-10-12(16(19)20)9-15(17)18/h4-5,8,12H,3,6-7,9-10H2,1-2H3,(H,19,20). The molecule has 0 saturated carbocycles. The van der Waals surface area contributed by atoms with Crippen LogP contribution in [0.4, 0.5) is 0 Å². The first-order valence-electron chi connectivity index (χ1n) is 7.35. The van der Waals surface area contributed by atoms with E-state index in [1.54, 1.807) is 12.0 Å². The van der Waals surface area contributed by atoms with Gasteiger partial charge in [0.2, 0.25) is 5.91 Å². The summed E-state index contributed by atoms with van der Waals surface area (Å²) in [6.45, 7) is 3.28. The number of methoxy groups -OCH3 is 1. The second-order valence-corrected chi connectivity index (χ2v) is 5.25. The zero-order valence-electron chi connectivity index (χ0n) is 12.9. The Hall–Kier alpha value is -2.24. The van der Waals surface area contributed by atoms with Gasteiger partial charge in [0.25, 0.3) is 0 Å². The fourth-order valence-corrected chi connectivity index (χ4v) is 2.56. The van der Waals surface area contributed by atoms with E-state index >= 15 is 0 Å². The molecule has 0 spiro atoms. The summed E-state index contributed by atoms with van der Waals surface area (Å²) in [6.07, 6.45) is 0.753. The van der Waals surface area contributed by atoms with Crippen LogP contribution in [0, 0.1) is 5.92 Å². The number of hydrogen-bond acceptors (Lipinski definition) is 4. The van der Waals surface area contributed by atoms with Gasteiger partial charge in [-0.2, -0.15) is 0 Å². The SMILES string of the molecule is CCOc1ccc(CCN2CC(C(=O)O)CC2=O)cc1OC. The van der Waals surface area contributed by atoms with Crippen LogP contribution < -0.4 is 9.47 Å². The Morgan fingerprint density at radius 3 is 2.77 bits per heavy atom. The third kappa shape index (κ3) is 3.69. The van der Waals surface area contributed by atoms with Crippen LogP contribution in [-0.4, -0.2) is 48.7 Å². The minimum absolute atomic E-state index is 0.0923. The first-order chi connectivity index (χ1) is 10.5. The molecular formula is C16H21NO5. The van der Waals surface area contributed by atoms with Crippen LogP contribution in [0.5, 0.6) is 11.5 Å². The van der Waals surface area contributed by atoms with Crippen molar-refractivity contribution in [3.05, 3.63) is 23.8 Å². The summed E-state index contributed by atoms with van der Waals surface area (Å²) in [7, 11) is 1.59. The highest BCUT2D eigenvalue weighted by Gasteiger charge is 2.33. The monoisotopic (exact) mass is 307 g/mol. The van der Waals surface area contributed by atoms with E-state index in [1.165, 1.54) is 0 Å². The van der Waals surface area contributed by atoms with Crippen molar-refractivity contribution in [2.24, 2.45) is 5.92 Å². The Labute approximate surface area is 129 Å². The summed E-state index contributed by atoms with van der Waals surface area (Å²) in [6, 6.07) is 5.67. The predicted molar refractivity (Wildman–Crippen MR) is 80.2 cm³/mol. The first-order valence-corrected chi connectivity index (χ1v) is 7.35.